The lowest BCUT2D eigenvalue weighted by molar-refractivity contribution is -0.137. The SMILES string of the molecule is CC(NS(=O)(=O)c1cccc(C(F)(F)F)c1)C(=O)NC12CC3CC(CC(C3)C1)C2. The number of hydrogen-bond donors (Lipinski definition) is 2. The highest BCUT2D eigenvalue weighted by Crippen LogP contribution is 2.55. The molecule has 0 aliphatic heterocycles. The van der Waals surface area contributed by atoms with Crippen molar-refractivity contribution in [1.29, 1.82) is 0 Å². The molecule has 0 aromatic heterocycles. The van der Waals surface area contributed by atoms with Crippen LogP contribution in [0.1, 0.15) is 51.0 Å². The second-order valence-corrected chi connectivity index (χ2v) is 10.8. The van der Waals surface area contributed by atoms with Gasteiger partial charge in [0.2, 0.25) is 15.9 Å². The number of amides is 1. The second-order valence-electron chi connectivity index (χ2n) is 9.06. The van der Waals surface area contributed by atoms with Crippen molar-refractivity contribution in [2.75, 3.05) is 0 Å². The van der Waals surface area contributed by atoms with Crippen LogP contribution >= 0.6 is 0 Å². The predicted molar refractivity (Wildman–Crippen MR) is 100 cm³/mol. The molecule has 1 unspecified atom stereocenters. The Morgan fingerprint density at radius 2 is 1.66 bits per heavy atom. The molecule has 1 atom stereocenters. The Kier molecular flexibility index (Phi) is 4.97. The Morgan fingerprint density at radius 1 is 1.10 bits per heavy atom. The molecule has 2 N–H and O–H groups in total. The van der Waals surface area contributed by atoms with E-state index < -0.39 is 38.6 Å². The predicted octanol–water partition coefficient (Wildman–Crippen LogP) is 3.46. The Labute approximate surface area is 168 Å². The third-order valence-corrected chi connectivity index (χ3v) is 8.16. The van der Waals surface area contributed by atoms with Gasteiger partial charge in [-0.15, -0.1) is 0 Å². The zero-order valence-electron chi connectivity index (χ0n) is 16.1. The van der Waals surface area contributed by atoms with Gasteiger partial charge in [0.25, 0.3) is 0 Å². The number of nitrogens with one attached hydrogen (secondary N) is 2. The van der Waals surface area contributed by atoms with Crippen molar-refractivity contribution >= 4 is 15.9 Å². The Balaban J connectivity index is 1.45. The molecule has 4 aliphatic rings. The zero-order valence-corrected chi connectivity index (χ0v) is 16.9. The van der Waals surface area contributed by atoms with E-state index >= 15 is 0 Å². The molecule has 4 fully saturated rings. The molecule has 4 aliphatic carbocycles. The van der Waals surface area contributed by atoms with E-state index in [1.165, 1.54) is 26.2 Å². The summed E-state index contributed by atoms with van der Waals surface area (Å²) < 4.78 is 65.9. The molecule has 0 spiro atoms. The number of alkyl halides is 3. The van der Waals surface area contributed by atoms with E-state index in [9.17, 15) is 26.4 Å². The first kappa shape index (κ1) is 20.7. The number of hydrogen-bond acceptors (Lipinski definition) is 3. The lowest BCUT2D eigenvalue weighted by atomic mass is 9.53. The van der Waals surface area contributed by atoms with Gasteiger partial charge in [0.1, 0.15) is 0 Å². The minimum absolute atomic E-state index is 0.262. The lowest BCUT2D eigenvalue weighted by Crippen LogP contribution is -2.62. The van der Waals surface area contributed by atoms with Gasteiger partial charge in [-0.3, -0.25) is 4.79 Å². The summed E-state index contributed by atoms with van der Waals surface area (Å²) in [5, 5.41) is 3.09. The maximum atomic E-state index is 12.9. The van der Waals surface area contributed by atoms with Crippen molar-refractivity contribution in [1.82, 2.24) is 10.0 Å². The van der Waals surface area contributed by atoms with E-state index in [-0.39, 0.29) is 5.54 Å². The van der Waals surface area contributed by atoms with Crippen LogP contribution in [0.5, 0.6) is 0 Å². The maximum Gasteiger partial charge on any atom is 0.416 e. The number of carbonyl (C=O) groups excluding carboxylic acids is 1. The molecular weight excluding hydrogens is 405 g/mol. The van der Waals surface area contributed by atoms with Gasteiger partial charge in [-0.25, -0.2) is 8.42 Å². The van der Waals surface area contributed by atoms with Gasteiger partial charge in [0.15, 0.2) is 0 Å². The van der Waals surface area contributed by atoms with Gasteiger partial charge >= 0.3 is 6.18 Å². The molecule has 1 amide bonds. The third-order valence-electron chi connectivity index (χ3n) is 6.62. The first-order chi connectivity index (χ1) is 13.5. The summed E-state index contributed by atoms with van der Waals surface area (Å²) in [7, 11) is -4.26. The number of benzene rings is 1. The van der Waals surface area contributed by atoms with Gasteiger partial charge in [0, 0.05) is 5.54 Å². The highest BCUT2D eigenvalue weighted by atomic mass is 32.2. The molecule has 0 radical (unpaired) electrons. The van der Waals surface area contributed by atoms with Crippen molar-refractivity contribution in [3.05, 3.63) is 29.8 Å². The molecule has 1 aromatic rings. The van der Waals surface area contributed by atoms with E-state index in [1.54, 1.807) is 0 Å². The fourth-order valence-electron chi connectivity index (χ4n) is 5.83. The van der Waals surface area contributed by atoms with Crippen LogP contribution in [-0.4, -0.2) is 25.9 Å². The van der Waals surface area contributed by atoms with Gasteiger partial charge in [-0.2, -0.15) is 17.9 Å². The number of halogens is 3. The largest absolute Gasteiger partial charge is 0.416 e. The second kappa shape index (κ2) is 6.97. The standard InChI is InChI=1S/C20H25F3N2O3S/c1-12(25-29(27,28)17-4-2-3-16(8-17)20(21,22)23)18(26)24-19-9-13-5-14(10-19)7-15(6-13)11-19/h2-4,8,12-15,25H,5-7,9-11H2,1H3,(H,24,26). The summed E-state index contributed by atoms with van der Waals surface area (Å²) in [6.45, 7) is 1.42. The van der Waals surface area contributed by atoms with Crippen LogP contribution in [0.2, 0.25) is 0 Å². The highest BCUT2D eigenvalue weighted by Gasteiger charge is 2.51. The van der Waals surface area contributed by atoms with Crippen molar-refractivity contribution in [3.63, 3.8) is 0 Å². The highest BCUT2D eigenvalue weighted by molar-refractivity contribution is 7.89. The molecule has 5 nitrogen and oxygen atoms in total. The minimum atomic E-state index is -4.65. The molecular formula is C20H25F3N2O3S. The first-order valence-electron chi connectivity index (χ1n) is 9.97. The zero-order chi connectivity index (χ0) is 21.0. The summed E-state index contributed by atoms with van der Waals surface area (Å²) in [6, 6.07) is 2.43. The molecule has 0 saturated heterocycles. The van der Waals surface area contributed by atoms with Crippen LogP contribution < -0.4 is 10.0 Å². The van der Waals surface area contributed by atoms with E-state index in [1.807, 2.05) is 0 Å². The van der Waals surface area contributed by atoms with E-state index in [2.05, 4.69) is 10.0 Å². The monoisotopic (exact) mass is 430 g/mol. The summed E-state index contributed by atoms with van der Waals surface area (Å²) >= 11 is 0. The summed E-state index contributed by atoms with van der Waals surface area (Å²) in [5.41, 5.74) is -1.31. The van der Waals surface area contributed by atoms with Crippen LogP contribution in [-0.2, 0) is 21.0 Å². The van der Waals surface area contributed by atoms with Crippen LogP contribution in [0, 0.1) is 17.8 Å². The molecule has 0 heterocycles. The van der Waals surface area contributed by atoms with Crippen molar-refractivity contribution in [2.24, 2.45) is 17.8 Å². The van der Waals surface area contributed by atoms with Crippen LogP contribution in [0.25, 0.3) is 0 Å². The number of carbonyl (C=O) groups is 1. The van der Waals surface area contributed by atoms with Crippen LogP contribution in [0.3, 0.4) is 0 Å². The average Bonchev–Trinajstić information content (AvgIpc) is 2.59. The quantitative estimate of drug-likeness (QED) is 0.751. The van der Waals surface area contributed by atoms with Crippen LogP contribution in [0.15, 0.2) is 29.2 Å². The Bertz CT molecular complexity index is 879. The van der Waals surface area contributed by atoms with Gasteiger partial charge in [-0.05, 0) is 81.4 Å². The van der Waals surface area contributed by atoms with Gasteiger partial charge < -0.3 is 5.32 Å². The minimum Gasteiger partial charge on any atom is -0.349 e. The van der Waals surface area contributed by atoms with Gasteiger partial charge in [-0.1, -0.05) is 6.07 Å². The van der Waals surface area contributed by atoms with Crippen molar-refractivity contribution < 1.29 is 26.4 Å². The lowest BCUT2D eigenvalue weighted by Gasteiger charge is -2.57. The van der Waals surface area contributed by atoms with Crippen LogP contribution in [0.4, 0.5) is 13.2 Å². The summed E-state index contributed by atoms with van der Waals surface area (Å²) in [4.78, 5) is 12.2. The fraction of sp³-hybridized carbons (Fsp3) is 0.650. The van der Waals surface area contributed by atoms with Crippen molar-refractivity contribution in [2.45, 2.75) is 68.1 Å². The number of rotatable bonds is 5. The summed E-state index contributed by atoms with van der Waals surface area (Å²) in [6.07, 6.45) is 1.78. The topological polar surface area (TPSA) is 75.3 Å². The molecule has 1 aromatic carbocycles. The Morgan fingerprint density at radius 3 is 2.17 bits per heavy atom. The average molecular weight is 430 g/mol. The number of sulfonamides is 1. The first-order valence-corrected chi connectivity index (χ1v) is 11.5. The van der Waals surface area contributed by atoms with E-state index in [0.29, 0.717) is 23.8 Å². The Hall–Kier alpha value is -1.61. The smallest absolute Gasteiger partial charge is 0.349 e. The molecule has 29 heavy (non-hydrogen) atoms. The van der Waals surface area contributed by atoms with Crippen molar-refractivity contribution in [3.8, 4) is 0 Å². The molecule has 9 heteroatoms. The van der Waals surface area contributed by atoms with E-state index in [4.69, 9.17) is 0 Å². The van der Waals surface area contributed by atoms with E-state index in [0.717, 1.165) is 37.5 Å². The molecule has 5 rings (SSSR count). The summed E-state index contributed by atoms with van der Waals surface area (Å²) in [5.74, 6) is 1.44. The molecule has 160 valence electrons. The normalized spacial score (nSPS) is 32.2. The molecule has 4 saturated carbocycles. The maximum absolute atomic E-state index is 12.9. The fourth-order valence-corrected chi connectivity index (χ4v) is 7.08. The third kappa shape index (κ3) is 4.17. The molecule has 4 bridgehead atoms. The van der Waals surface area contributed by atoms with Gasteiger partial charge in [0.05, 0.1) is 16.5 Å².